The third kappa shape index (κ3) is 2.46. The lowest BCUT2D eigenvalue weighted by molar-refractivity contribution is 0.461. The van der Waals surface area contributed by atoms with Crippen molar-refractivity contribution in [3.63, 3.8) is 0 Å². The van der Waals surface area contributed by atoms with E-state index in [1.165, 1.54) is 17.8 Å². The van der Waals surface area contributed by atoms with Gasteiger partial charge in [-0.05, 0) is 22.9 Å². The van der Waals surface area contributed by atoms with Gasteiger partial charge in [0.1, 0.15) is 5.75 Å². The molecule has 2 aromatic carbocycles. The standard InChI is InChI=1S/C14H12N4O/c15-18-13-8-16-9-14(17-13)19-12-6-5-10-3-1-2-4-11(10)7-12/h1-9H,15H2,(H,17,18). The Kier molecular flexibility index (Phi) is 2.96. The lowest BCUT2D eigenvalue weighted by Gasteiger charge is -2.06. The maximum atomic E-state index is 5.66. The summed E-state index contributed by atoms with van der Waals surface area (Å²) in [5.74, 6) is 6.84. The Bertz CT molecular complexity index is 714. The van der Waals surface area contributed by atoms with E-state index in [1.54, 1.807) is 0 Å². The lowest BCUT2D eigenvalue weighted by atomic mass is 10.1. The molecule has 0 atom stereocenters. The van der Waals surface area contributed by atoms with Crippen molar-refractivity contribution < 1.29 is 4.74 Å². The second kappa shape index (κ2) is 4.91. The quantitative estimate of drug-likeness (QED) is 0.554. The zero-order chi connectivity index (χ0) is 13.1. The molecule has 0 aliphatic rings. The van der Waals surface area contributed by atoms with Gasteiger partial charge in [0, 0.05) is 0 Å². The second-order valence-electron chi connectivity index (χ2n) is 4.00. The van der Waals surface area contributed by atoms with Gasteiger partial charge in [0.25, 0.3) is 0 Å². The topological polar surface area (TPSA) is 73.1 Å². The Morgan fingerprint density at radius 3 is 2.68 bits per heavy atom. The van der Waals surface area contributed by atoms with Crippen LogP contribution < -0.4 is 16.0 Å². The van der Waals surface area contributed by atoms with E-state index >= 15 is 0 Å². The van der Waals surface area contributed by atoms with Crippen LogP contribution in [0.25, 0.3) is 10.8 Å². The van der Waals surface area contributed by atoms with Crippen LogP contribution in [-0.4, -0.2) is 9.97 Å². The Morgan fingerprint density at radius 1 is 1.00 bits per heavy atom. The molecule has 5 nitrogen and oxygen atoms in total. The van der Waals surface area contributed by atoms with Crippen LogP contribution in [0.4, 0.5) is 5.82 Å². The van der Waals surface area contributed by atoms with Crippen LogP contribution in [0.15, 0.2) is 54.9 Å². The van der Waals surface area contributed by atoms with Crippen LogP contribution in [0, 0.1) is 0 Å². The predicted octanol–water partition coefficient (Wildman–Crippen LogP) is 2.71. The first-order valence-corrected chi connectivity index (χ1v) is 5.80. The fourth-order valence-electron chi connectivity index (χ4n) is 1.82. The summed E-state index contributed by atoms with van der Waals surface area (Å²) in [5, 5.41) is 2.28. The Morgan fingerprint density at radius 2 is 1.84 bits per heavy atom. The number of benzene rings is 2. The van der Waals surface area contributed by atoms with Crippen molar-refractivity contribution in [3.05, 3.63) is 54.9 Å². The number of nitrogens with zero attached hydrogens (tertiary/aromatic N) is 2. The van der Waals surface area contributed by atoms with Crippen LogP contribution >= 0.6 is 0 Å². The van der Waals surface area contributed by atoms with Crippen molar-refractivity contribution in [1.29, 1.82) is 0 Å². The summed E-state index contributed by atoms with van der Waals surface area (Å²) in [6, 6.07) is 13.9. The monoisotopic (exact) mass is 252 g/mol. The van der Waals surface area contributed by atoms with Gasteiger partial charge in [-0.25, -0.2) is 5.84 Å². The van der Waals surface area contributed by atoms with Crippen LogP contribution in [-0.2, 0) is 0 Å². The summed E-state index contributed by atoms with van der Waals surface area (Å²) in [5.41, 5.74) is 2.43. The molecule has 1 heterocycles. The average Bonchev–Trinajstić information content (AvgIpc) is 2.47. The minimum absolute atomic E-state index is 0.394. The molecule has 0 unspecified atom stereocenters. The summed E-state index contributed by atoms with van der Waals surface area (Å²) in [4.78, 5) is 8.13. The molecule has 0 saturated heterocycles. The van der Waals surface area contributed by atoms with Gasteiger partial charge in [0.15, 0.2) is 5.82 Å². The van der Waals surface area contributed by atoms with E-state index in [1.807, 2.05) is 36.4 Å². The smallest absolute Gasteiger partial charge is 0.239 e. The number of hydrazine groups is 1. The van der Waals surface area contributed by atoms with E-state index in [9.17, 15) is 0 Å². The van der Waals surface area contributed by atoms with Gasteiger partial charge in [-0.2, -0.15) is 4.98 Å². The second-order valence-corrected chi connectivity index (χ2v) is 4.00. The maximum absolute atomic E-state index is 5.66. The minimum Gasteiger partial charge on any atom is -0.437 e. The summed E-state index contributed by atoms with van der Waals surface area (Å²) in [6.07, 6.45) is 3.06. The highest BCUT2D eigenvalue weighted by Crippen LogP contribution is 2.24. The van der Waals surface area contributed by atoms with E-state index in [2.05, 4.69) is 21.5 Å². The maximum Gasteiger partial charge on any atom is 0.239 e. The van der Waals surface area contributed by atoms with Gasteiger partial charge in [-0.3, -0.25) is 4.98 Å². The molecule has 0 aliphatic carbocycles. The highest BCUT2D eigenvalue weighted by Gasteiger charge is 2.02. The molecule has 1 aromatic heterocycles. The van der Waals surface area contributed by atoms with Crippen molar-refractivity contribution >= 4 is 16.6 Å². The van der Waals surface area contributed by atoms with Crippen molar-refractivity contribution in [2.75, 3.05) is 5.43 Å². The molecule has 3 aromatic rings. The molecular weight excluding hydrogens is 240 g/mol. The minimum atomic E-state index is 0.394. The van der Waals surface area contributed by atoms with Gasteiger partial charge in [-0.15, -0.1) is 0 Å². The zero-order valence-corrected chi connectivity index (χ0v) is 10.1. The largest absolute Gasteiger partial charge is 0.437 e. The number of anilines is 1. The fraction of sp³-hybridized carbons (Fsp3) is 0. The van der Waals surface area contributed by atoms with Gasteiger partial charge < -0.3 is 10.2 Å². The van der Waals surface area contributed by atoms with Crippen LogP contribution in [0.5, 0.6) is 11.6 Å². The number of rotatable bonds is 3. The number of nitrogen functional groups attached to an aromatic ring is 1. The molecule has 0 fully saturated rings. The molecule has 94 valence electrons. The first kappa shape index (κ1) is 11.4. The van der Waals surface area contributed by atoms with Crippen molar-refractivity contribution in [2.45, 2.75) is 0 Å². The van der Waals surface area contributed by atoms with Gasteiger partial charge in [0.05, 0.1) is 12.4 Å². The Hall–Kier alpha value is -2.66. The van der Waals surface area contributed by atoms with Crippen LogP contribution in [0.3, 0.4) is 0 Å². The highest BCUT2D eigenvalue weighted by molar-refractivity contribution is 5.83. The summed E-state index contributed by atoms with van der Waals surface area (Å²) in [7, 11) is 0. The van der Waals surface area contributed by atoms with Crippen molar-refractivity contribution in [3.8, 4) is 11.6 Å². The van der Waals surface area contributed by atoms with E-state index in [4.69, 9.17) is 10.6 Å². The predicted molar refractivity (Wildman–Crippen MR) is 73.9 cm³/mol. The Balaban J connectivity index is 1.92. The normalized spacial score (nSPS) is 10.4. The number of hydrogen-bond acceptors (Lipinski definition) is 5. The SMILES string of the molecule is NNc1cncc(Oc2ccc3ccccc3c2)n1. The van der Waals surface area contributed by atoms with E-state index in [0.29, 0.717) is 17.4 Å². The molecule has 19 heavy (non-hydrogen) atoms. The molecule has 0 amide bonds. The molecule has 5 heteroatoms. The van der Waals surface area contributed by atoms with E-state index in [-0.39, 0.29) is 0 Å². The number of hydrogen-bond donors (Lipinski definition) is 2. The zero-order valence-electron chi connectivity index (χ0n) is 10.1. The Labute approximate surface area is 110 Å². The van der Waals surface area contributed by atoms with Gasteiger partial charge in [0.2, 0.25) is 5.88 Å². The van der Waals surface area contributed by atoms with Crippen molar-refractivity contribution in [1.82, 2.24) is 9.97 Å². The van der Waals surface area contributed by atoms with Gasteiger partial charge >= 0.3 is 0 Å². The first-order valence-electron chi connectivity index (χ1n) is 5.80. The highest BCUT2D eigenvalue weighted by atomic mass is 16.5. The number of aromatic nitrogens is 2. The molecule has 0 saturated carbocycles. The van der Waals surface area contributed by atoms with Crippen LogP contribution in [0.1, 0.15) is 0 Å². The molecule has 0 radical (unpaired) electrons. The van der Waals surface area contributed by atoms with E-state index < -0.39 is 0 Å². The van der Waals surface area contributed by atoms with Gasteiger partial charge in [-0.1, -0.05) is 30.3 Å². The number of fused-ring (bicyclic) bond motifs is 1. The number of nitrogens with two attached hydrogens (primary N) is 1. The third-order valence-corrected chi connectivity index (χ3v) is 2.70. The third-order valence-electron chi connectivity index (χ3n) is 2.70. The summed E-state index contributed by atoms with van der Waals surface area (Å²) >= 11 is 0. The molecule has 3 rings (SSSR count). The lowest BCUT2D eigenvalue weighted by Crippen LogP contribution is -2.08. The van der Waals surface area contributed by atoms with E-state index in [0.717, 1.165) is 5.39 Å². The molecule has 0 bridgehead atoms. The molecule has 0 aliphatic heterocycles. The fourth-order valence-corrected chi connectivity index (χ4v) is 1.82. The number of ether oxygens (including phenoxy) is 1. The summed E-state index contributed by atoms with van der Waals surface area (Å²) < 4.78 is 5.66. The first-order chi connectivity index (χ1) is 9.35. The summed E-state index contributed by atoms with van der Waals surface area (Å²) in [6.45, 7) is 0. The van der Waals surface area contributed by atoms with Crippen LogP contribution in [0.2, 0.25) is 0 Å². The molecule has 0 spiro atoms. The van der Waals surface area contributed by atoms with Crippen molar-refractivity contribution in [2.24, 2.45) is 5.84 Å². The molecule has 3 N–H and O–H groups in total. The average molecular weight is 252 g/mol. The molecular formula is C14H12N4O. The number of nitrogens with one attached hydrogen (secondary N) is 1.